The molecule has 1 atom stereocenters. The van der Waals surface area contributed by atoms with Crippen molar-refractivity contribution in [2.75, 3.05) is 0 Å². The lowest BCUT2D eigenvalue weighted by molar-refractivity contribution is 0.351. The van der Waals surface area contributed by atoms with Gasteiger partial charge in [0.15, 0.2) is 0 Å². The number of hydrogen-bond acceptors (Lipinski definition) is 2. The van der Waals surface area contributed by atoms with Crippen molar-refractivity contribution in [3.63, 3.8) is 0 Å². The molecule has 0 bridgehead atoms. The zero-order valence-electron chi connectivity index (χ0n) is 11.6. The van der Waals surface area contributed by atoms with Gasteiger partial charge in [-0.2, -0.15) is 5.10 Å². The molecule has 3 nitrogen and oxygen atoms in total. The average molecular weight is 255 g/mol. The molecule has 100 valence electrons. The Bertz CT molecular complexity index is 530. The second kappa shape index (κ2) is 5.85. The largest absolute Gasteiger partial charge is 0.303 e. The highest BCUT2D eigenvalue weighted by atomic mass is 15.2. The first kappa shape index (κ1) is 13.6. The van der Waals surface area contributed by atoms with Crippen LogP contribution in [-0.2, 0) is 12.1 Å². The molecule has 0 fully saturated rings. The number of nitrogens with one attached hydrogen (secondary N) is 1. The van der Waals surface area contributed by atoms with Crippen molar-refractivity contribution in [3.8, 4) is 0 Å². The summed E-state index contributed by atoms with van der Waals surface area (Å²) in [5, 5.41) is 7.82. The fourth-order valence-corrected chi connectivity index (χ4v) is 2.10. The summed E-state index contributed by atoms with van der Waals surface area (Å²) < 4.78 is 1.73. The van der Waals surface area contributed by atoms with Gasteiger partial charge in [0.05, 0.1) is 6.20 Å². The van der Waals surface area contributed by atoms with Gasteiger partial charge in [0.1, 0.15) is 0 Å². The van der Waals surface area contributed by atoms with Gasteiger partial charge in [-0.25, -0.2) is 4.68 Å². The normalized spacial score (nSPS) is 14.0. The zero-order valence-corrected chi connectivity index (χ0v) is 11.6. The third-order valence-corrected chi connectivity index (χ3v) is 3.64. The molecule has 0 aliphatic carbocycles. The van der Waals surface area contributed by atoms with Gasteiger partial charge in [-0.1, -0.05) is 43.8 Å². The Labute approximate surface area is 115 Å². The highest BCUT2D eigenvalue weighted by Crippen LogP contribution is 2.24. The maximum absolute atomic E-state index is 4.19. The van der Waals surface area contributed by atoms with Crippen LogP contribution in [0.25, 0.3) is 6.20 Å². The predicted molar refractivity (Wildman–Crippen MR) is 79.5 cm³/mol. The van der Waals surface area contributed by atoms with Gasteiger partial charge < -0.3 is 5.32 Å². The Kier molecular flexibility index (Phi) is 4.17. The summed E-state index contributed by atoms with van der Waals surface area (Å²) in [4.78, 5) is 0. The minimum Gasteiger partial charge on any atom is -0.303 e. The molecule has 0 radical (unpaired) electrons. The molecule has 1 heterocycles. The fourth-order valence-electron chi connectivity index (χ4n) is 2.10. The smallest absolute Gasteiger partial charge is 0.0538 e. The Hall–Kier alpha value is -1.87. The number of benzene rings is 1. The molecule has 3 heteroatoms. The van der Waals surface area contributed by atoms with Gasteiger partial charge in [-0.3, -0.25) is 0 Å². The molecular weight excluding hydrogens is 234 g/mol. The Morgan fingerprint density at radius 3 is 2.68 bits per heavy atom. The summed E-state index contributed by atoms with van der Waals surface area (Å²) in [5.74, 6) is 0. The molecule has 0 aliphatic rings. The predicted octanol–water partition coefficient (Wildman–Crippen LogP) is 3.40. The number of rotatable bonds is 6. The third kappa shape index (κ3) is 3.12. The summed E-state index contributed by atoms with van der Waals surface area (Å²) >= 11 is 0. The maximum Gasteiger partial charge on any atom is 0.0538 e. The number of aromatic nitrogens is 2. The molecule has 0 saturated carbocycles. The van der Waals surface area contributed by atoms with Gasteiger partial charge in [-0.15, -0.1) is 0 Å². The molecule has 19 heavy (non-hydrogen) atoms. The highest BCUT2D eigenvalue weighted by molar-refractivity contribution is 5.24. The molecule has 1 N–H and O–H groups in total. The van der Waals surface area contributed by atoms with Crippen LogP contribution in [0.1, 0.15) is 31.4 Å². The lowest BCUT2D eigenvalue weighted by Crippen LogP contribution is -2.38. The van der Waals surface area contributed by atoms with Gasteiger partial charge >= 0.3 is 0 Å². The van der Waals surface area contributed by atoms with E-state index in [1.807, 2.05) is 18.5 Å². The van der Waals surface area contributed by atoms with E-state index >= 15 is 0 Å². The van der Waals surface area contributed by atoms with E-state index < -0.39 is 0 Å². The summed E-state index contributed by atoms with van der Waals surface area (Å²) in [6.45, 7) is 8.93. The molecular formula is C16H21N3. The monoisotopic (exact) mass is 255 g/mol. The van der Waals surface area contributed by atoms with E-state index in [0.717, 1.165) is 18.5 Å². The van der Waals surface area contributed by atoms with Crippen LogP contribution in [0.3, 0.4) is 0 Å². The molecule has 0 unspecified atom stereocenters. The van der Waals surface area contributed by atoms with E-state index in [2.05, 4.69) is 55.1 Å². The van der Waals surface area contributed by atoms with Crippen molar-refractivity contribution in [3.05, 3.63) is 60.4 Å². The quantitative estimate of drug-likeness (QED) is 0.857. The molecule has 0 amide bonds. The summed E-state index contributed by atoms with van der Waals surface area (Å²) in [6, 6.07) is 10.6. The van der Waals surface area contributed by atoms with Crippen molar-refractivity contribution in [2.24, 2.45) is 0 Å². The van der Waals surface area contributed by atoms with Crippen LogP contribution in [0, 0.1) is 0 Å². The number of nitrogens with zero attached hydrogens (tertiary/aromatic N) is 2. The van der Waals surface area contributed by atoms with Crippen molar-refractivity contribution in [1.29, 1.82) is 0 Å². The molecule has 1 aromatic heterocycles. The van der Waals surface area contributed by atoms with Crippen LogP contribution in [0.15, 0.2) is 49.3 Å². The van der Waals surface area contributed by atoms with Gasteiger partial charge in [0.2, 0.25) is 0 Å². The molecule has 1 aromatic carbocycles. The van der Waals surface area contributed by atoms with E-state index in [1.165, 1.54) is 5.56 Å². The Balaban J connectivity index is 2.08. The SMILES string of the molecule is C=Cn1cc(CN[C@@](C)(CC)c2ccccc2)cn1. The lowest BCUT2D eigenvalue weighted by Gasteiger charge is -2.30. The standard InChI is InChI=1S/C16H21N3/c1-4-16(3,15-9-7-6-8-10-15)17-11-14-12-18-19(5-2)13-14/h5-10,12-13,17H,2,4,11H2,1,3H3/t16-/m0/s1. The first-order valence-electron chi connectivity index (χ1n) is 6.64. The van der Waals surface area contributed by atoms with Crippen LogP contribution < -0.4 is 5.32 Å². The first-order chi connectivity index (χ1) is 9.18. The third-order valence-electron chi connectivity index (χ3n) is 3.64. The minimum atomic E-state index is -0.0163. The molecule has 0 aliphatic heterocycles. The summed E-state index contributed by atoms with van der Waals surface area (Å²) in [5.41, 5.74) is 2.46. The van der Waals surface area contributed by atoms with Crippen LogP contribution in [0.4, 0.5) is 0 Å². The minimum absolute atomic E-state index is 0.0163. The van der Waals surface area contributed by atoms with Crippen LogP contribution in [0.5, 0.6) is 0 Å². The van der Waals surface area contributed by atoms with E-state index in [4.69, 9.17) is 0 Å². The summed E-state index contributed by atoms with van der Waals surface area (Å²) in [6.07, 6.45) is 6.59. The van der Waals surface area contributed by atoms with E-state index in [9.17, 15) is 0 Å². The average Bonchev–Trinajstić information content (AvgIpc) is 2.94. The van der Waals surface area contributed by atoms with Crippen LogP contribution in [0.2, 0.25) is 0 Å². The van der Waals surface area contributed by atoms with Crippen molar-refractivity contribution < 1.29 is 0 Å². The zero-order chi connectivity index (χ0) is 13.7. The van der Waals surface area contributed by atoms with Crippen molar-refractivity contribution >= 4 is 6.20 Å². The van der Waals surface area contributed by atoms with Crippen molar-refractivity contribution in [2.45, 2.75) is 32.4 Å². The van der Waals surface area contributed by atoms with E-state index in [0.29, 0.717) is 0 Å². The molecule has 0 saturated heterocycles. The van der Waals surface area contributed by atoms with E-state index in [-0.39, 0.29) is 5.54 Å². The molecule has 2 aromatic rings. The Morgan fingerprint density at radius 1 is 1.37 bits per heavy atom. The summed E-state index contributed by atoms with van der Waals surface area (Å²) in [7, 11) is 0. The second-order valence-corrected chi connectivity index (χ2v) is 4.92. The van der Waals surface area contributed by atoms with Crippen LogP contribution >= 0.6 is 0 Å². The second-order valence-electron chi connectivity index (χ2n) is 4.92. The molecule has 2 rings (SSSR count). The van der Waals surface area contributed by atoms with Gasteiger partial charge in [0.25, 0.3) is 0 Å². The lowest BCUT2D eigenvalue weighted by atomic mass is 9.89. The number of hydrogen-bond donors (Lipinski definition) is 1. The van der Waals surface area contributed by atoms with Crippen LogP contribution in [-0.4, -0.2) is 9.78 Å². The van der Waals surface area contributed by atoms with Crippen molar-refractivity contribution in [1.82, 2.24) is 15.1 Å². The topological polar surface area (TPSA) is 29.9 Å². The maximum atomic E-state index is 4.19. The van der Waals surface area contributed by atoms with E-state index in [1.54, 1.807) is 10.9 Å². The highest BCUT2D eigenvalue weighted by Gasteiger charge is 2.23. The first-order valence-corrected chi connectivity index (χ1v) is 6.64. The molecule has 0 spiro atoms. The Morgan fingerprint density at radius 2 is 2.11 bits per heavy atom. The van der Waals surface area contributed by atoms with Gasteiger partial charge in [0, 0.05) is 30.0 Å². The fraction of sp³-hybridized carbons (Fsp3) is 0.312. The van der Waals surface area contributed by atoms with Gasteiger partial charge in [-0.05, 0) is 18.9 Å².